The second kappa shape index (κ2) is 4.29. The molecule has 1 fully saturated rings. The van der Waals surface area contributed by atoms with Crippen LogP contribution in [-0.2, 0) is 4.79 Å². The molecule has 0 unspecified atom stereocenters. The van der Waals surface area contributed by atoms with E-state index in [1.807, 2.05) is 12.2 Å². The lowest BCUT2D eigenvalue weighted by atomic mass is 9.94. The maximum Gasteiger partial charge on any atom is 0.239 e. The van der Waals surface area contributed by atoms with Gasteiger partial charge in [0.05, 0.1) is 0 Å². The van der Waals surface area contributed by atoms with E-state index in [1.165, 1.54) is 0 Å². The number of alkyl halides is 2. The Hall–Kier alpha value is -0.930. The van der Waals surface area contributed by atoms with Crippen LogP contribution in [0.25, 0.3) is 0 Å². The van der Waals surface area contributed by atoms with Crippen molar-refractivity contribution in [3.63, 3.8) is 0 Å². The highest BCUT2D eigenvalue weighted by molar-refractivity contribution is 5.80. The van der Waals surface area contributed by atoms with E-state index >= 15 is 0 Å². The first-order valence-electron chi connectivity index (χ1n) is 5.38. The van der Waals surface area contributed by atoms with Crippen molar-refractivity contribution in [1.82, 2.24) is 4.90 Å². The van der Waals surface area contributed by atoms with Crippen molar-refractivity contribution in [3.8, 4) is 0 Å². The van der Waals surface area contributed by atoms with Crippen molar-refractivity contribution in [1.29, 1.82) is 0 Å². The van der Waals surface area contributed by atoms with Gasteiger partial charge in [-0.15, -0.1) is 0 Å². The van der Waals surface area contributed by atoms with Crippen LogP contribution in [0.15, 0.2) is 12.2 Å². The third-order valence-electron chi connectivity index (χ3n) is 3.14. The van der Waals surface area contributed by atoms with E-state index in [1.54, 1.807) is 4.90 Å². The largest absolute Gasteiger partial charge is 0.342 e. The highest BCUT2D eigenvalue weighted by Crippen LogP contribution is 2.27. The van der Waals surface area contributed by atoms with Gasteiger partial charge >= 0.3 is 0 Å². The Kier molecular flexibility index (Phi) is 3.03. The van der Waals surface area contributed by atoms with Crippen LogP contribution in [-0.4, -0.2) is 30.3 Å². The number of carbonyl (C=O) groups is 1. The van der Waals surface area contributed by atoms with Crippen molar-refractivity contribution >= 4 is 5.91 Å². The summed E-state index contributed by atoms with van der Waals surface area (Å²) in [6, 6.07) is 0. The molecule has 0 saturated carbocycles. The molecule has 4 heteroatoms. The number of nitrogens with zero attached hydrogens (tertiary/aromatic N) is 1. The average molecular weight is 215 g/mol. The van der Waals surface area contributed by atoms with Crippen LogP contribution < -0.4 is 0 Å². The molecule has 1 aliphatic heterocycles. The smallest absolute Gasteiger partial charge is 0.239 e. The van der Waals surface area contributed by atoms with Gasteiger partial charge in [0.1, 0.15) is 0 Å². The number of likely N-dealkylation sites (tertiary alicyclic amines) is 1. The van der Waals surface area contributed by atoms with Gasteiger partial charge in [0.2, 0.25) is 12.3 Å². The van der Waals surface area contributed by atoms with Crippen molar-refractivity contribution < 1.29 is 13.6 Å². The molecule has 0 bridgehead atoms. The number of carbonyl (C=O) groups excluding carboxylic acids is 1. The third kappa shape index (κ3) is 2.36. The number of hydrogen-bond donors (Lipinski definition) is 0. The van der Waals surface area contributed by atoms with Crippen molar-refractivity contribution in [3.05, 3.63) is 12.2 Å². The Morgan fingerprint density at radius 2 is 1.93 bits per heavy atom. The maximum atomic E-state index is 12.0. The van der Waals surface area contributed by atoms with Gasteiger partial charge in [-0.1, -0.05) is 12.2 Å². The summed E-state index contributed by atoms with van der Waals surface area (Å²) in [6.45, 7) is 1.05. The molecular weight excluding hydrogens is 200 g/mol. The minimum Gasteiger partial charge on any atom is -0.342 e. The molecule has 0 aromatic heterocycles. The molecule has 2 rings (SSSR count). The van der Waals surface area contributed by atoms with E-state index in [9.17, 15) is 13.6 Å². The summed E-state index contributed by atoms with van der Waals surface area (Å²) in [5, 5.41) is 0. The standard InChI is InChI=1S/C11H15F2NO/c12-10(13)5-8-6-14(7-8)11(15)9-3-1-2-4-9/h1-2,8-10H,3-7H2. The Morgan fingerprint density at radius 1 is 1.33 bits per heavy atom. The number of allylic oxidation sites excluding steroid dienone is 2. The first-order valence-corrected chi connectivity index (χ1v) is 5.38. The molecule has 2 nitrogen and oxygen atoms in total. The lowest BCUT2D eigenvalue weighted by molar-refractivity contribution is -0.142. The molecule has 1 aliphatic carbocycles. The second-order valence-corrected chi connectivity index (χ2v) is 4.38. The summed E-state index contributed by atoms with van der Waals surface area (Å²) < 4.78 is 24.0. The van der Waals surface area contributed by atoms with Gasteiger partial charge in [-0.3, -0.25) is 4.79 Å². The summed E-state index contributed by atoms with van der Waals surface area (Å²) >= 11 is 0. The molecule has 1 saturated heterocycles. The first-order chi connectivity index (χ1) is 7.16. The second-order valence-electron chi connectivity index (χ2n) is 4.38. The van der Waals surface area contributed by atoms with Gasteiger partial charge in [0.25, 0.3) is 0 Å². The monoisotopic (exact) mass is 215 g/mol. The van der Waals surface area contributed by atoms with Crippen LogP contribution in [0.1, 0.15) is 19.3 Å². The summed E-state index contributed by atoms with van der Waals surface area (Å²) in [7, 11) is 0. The number of hydrogen-bond acceptors (Lipinski definition) is 1. The zero-order valence-electron chi connectivity index (χ0n) is 8.53. The van der Waals surface area contributed by atoms with Crippen LogP contribution in [0.2, 0.25) is 0 Å². The van der Waals surface area contributed by atoms with Gasteiger partial charge < -0.3 is 4.90 Å². The lowest BCUT2D eigenvalue weighted by Gasteiger charge is -2.40. The predicted octanol–water partition coefficient (Wildman–Crippen LogP) is 2.07. The number of rotatable bonds is 3. The molecule has 0 N–H and O–H groups in total. The van der Waals surface area contributed by atoms with E-state index in [0.717, 1.165) is 12.8 Å². The highest BCUT2D eigenvalue weighted by atomic mass is 19.3. The van der Waals surface area contributed by atoms with Crippen molar-refractivity contribution in [2.24, 2.45) is 11.8 Å². The van der Waals surface area contributed by atoms with Gasteiger partial charge in [0.15, 0.2) is 0 Å². The van der Waals surface area contributed by atoms with E-state index in [4.69, 9.17) is 0 Å². The Labute approximate surface area is 87.9 Å². The zero-order chi connectivity index (χ0) is 10.8. The topological polar surface area (TPSA) is 20.3 Å². The molecule has 0 aromatic rings. The normalized spacial score (nSPS) is 22.5. The fourth-order valence-corrected chi connectivity index (χ4v) is 2.23. The third-order valence-corrected chi connectivity index (χ3v) is 3.14. The van der Waals surface area contributed by atoms with E-state index in [2.05, 4.69) is 0 Å². The fraction of sp³-hybridized carbons (Fsp3) is 0.727. The van der Waals surface area contributed by atoms with Crippen LogP contribution in [0.4, 0.5) is 8.78 Å². The molecule has 0 aromatic carbocycles. The van der Waals surface area contributed by atoms with E-state index in [-0.39, 0.29) is 24.2 Å². The van der Waals surface area contributed by atoms with Crippen molar-refractivity contribution in [2.45, 2.75) is 25.7 Å². The summed E-state index contributed by atoms with van der Waals surface area (Å²) in [5.74, 6) is 0.242. The summed E-state index contributed by atoms with van der Waals surface area (Å²) in [4.78, 5) is 13.5. The first kappa shape index (κ1) is 10.6. The van der Waals surface area contributed by atoms with Gasteiger partial charge in [-0.2, -0.15) is 0 Å². The van der Waals surface area contributed by atoms with Gasteiger partial charge in [-0.05, 0) is 18.8 Å². The van der Waals surface area contributed by atoms with Crippen LogP contribution >= 0.6 is 0 Å². The average Bonchev–Trinajstić information content (AvgIpc) is 2.61. The van der Waals surface area contributed by atoms with Gasteiger partial charge in [0, 0.05) is 25.4 Å². The van der Waals surface area contributed by atoms with Crippen LogP contribution in [0.5, 0.6) is 0 Å². The zero-order valence-corrected chi connectivity index (χ0v) is 8.53. The SMILES string of the molecule is O=C(C1CC=CC1)N1CC(CC(F)F)C1. The Morgan fingerprint density at radius 3 is 2.47 bits per heavy atom. The summed E-state index contributed by atoms with van der Waals surface area (Å²) in [5.41, 5.74) is 0. The highest BCUT2D eigenvalue weighted by Gasteiger charge is 2.35. The fourth-order valence-electron chi connectivity index (χ4n) is 2.23. The Bertz CT molecular complexity index is 264. The Balaban J connectivity index is 1.72. The molecule has 2 aliphatic rings. The molecular formula is C11H15F2NO. The van der Waals surface area contributed by atoms with Gasteiger partial charge in [-0.25, -0.2) is 8.78 Å². The number of amides is 1. The molecule has 0 spiro atoms. The van der Waals surface area contributed by atoms with Crippen LogP contribution in [0, 0.1) is 11.8 Å². The van der Waals surface area contributed by atoms with Crippen LogP contribution in [0.3, 0.4) is 0 Å². The lowest BCUT2D eigenvalue weighted by Crippen LogP contribution is -2.52. The van der Waals surface area contributed by atoms with E-state index in [0.29, 0.717) is 13.1 Å². The van der Waals surface area contributed by atoms with E-state index < -0.39 is 6.43 Å². The molecule has 1 amide bonds. The minimum atomic E-state index is -2.24. The molecule has 0 atom stereocenters. The number of halogens is 2. The summed E-state index contributed by atoms with van der Waals surface area (Å²) in [6.07, 6.45) is 3.36. The molecule has 84 valence electrons. The molecule has 15 heavy (non-hydrogen) atoms. The van der Waals surface area contributed by atoms with Crippen molar-refractivity contribution in [2.75, 3.05) is 13.1 Å². The molecule has 0 radical (unpaired) electrons. The predicted molar refractivity (Wildman–Crippen MR) is 52.6 cm³/mol. The minimum absolute atomic E-state index is 0.0170. The maximum absolute atomic E-state index is 12.0. The quantitative estimate of drug-likeness (QED) is 0.660. The molecule has 1 heterocycles.